The van der Waals surface area contributed by atoms with E-state index in [9.17, 15) is 23.4 Å². The van der Waals surface area contributed by atoms with E-state index in [-0.39, 0.29) is 23.9 Å². The minimum absolute atomic E-state index is 0. The fourth-order valence-corrected chi connectivity index (χ4v) is 4.07. The molecule has 0 heterocycles. The molecule has 11 nitrogen and oxygen atoms in total. The predicted molar refractivity (Wildman–Crippen MR) is 220 cm³/mol. The zero-order valence-electron chi connectivity index (χ0n) is 30.4. The van der Waals surface area contributed by atoms with Gasteiger partial charge in [0.1, 0.15) is 30.5 Å². The van der Waals surface area contributed by atoms with Gasteiger partial charge in [0, 0.05) is 30.5 Å². The number of aliphatic imine (C=N–C) groups is 1. The third kappa shape index (κ3) is 19.9. The molecule has 6 aromatic rings. The first kappa shape index (κ1) is 46.7. The van der Waals surface area contributed by atoms with Crippen LogP contribution in [-0.2, 0) is 14.5 Å². The van der Waals surface area contributed by atoms with Gasteiger partial charge in [-0.2, -0.15) is 4.58 Å². The standard InChI is InChI=1S/C14H13NO.C13H11NO.C7H9NO.C7H6O.CH4O4S.ClH/c1-15(11-12-7-3-2-4-8-12)13-9-5-6-10-14(13)16;15-13-9-5-4-8-12(13)14-10-11-6-2-1-3-7-11;1-8-6-4-2-3-5-7(6)9;8-6-7-4-2-1-3-5-7;1-6(3,4)5-2;/h2-11H,1H3;1-10,15H;2-5,8-9H,1H3;1-6H;2H,1H3;1H. The first-order valence-electron chi connectivity index (χ1n) is 16.2. The third-order valence-electron chi connectivity index (χ3n) is 6.67. The maximum absolute atomic E-state index is 10.0. The summed E-state index contributed by atoms with van der Waals surface area (Å²) in [6.45, 7) is 0. The van der Waals surface area contributed by atoms with Gasteiger partial charge in [-0.3, -0.25) is 9.79 Å². The third-order valence-corrected chi connectivity index (χ3v) is 6.92. The number of anilines is 1. The Labute approximate surface area is 328 Å². The lowest BCUT2D eigenvalue weighted by atomic mass is 10.2. The molecular formula is C42H44ClN3O8S. The second-order valence-corrected chi connectivity index (χ2v) is 12.4. The Bertz CT molecular complexity index is 2140. The van der Waals surface area contributed by atoms with Crippen LogP contribution in [0, 0.1) is 0 Å². The Morgan fingerprint density at radius 3 is 1.47 bits per heavy atom. The van der Waals surface area contributed by atoms with Crippen LogP contribution in [0.15, 0.2) is 169 Å². The molecule has 0 unspecified atom stereocenters. The molecule has 0 aliphatic heterocycles. The lowest BCUT2D eigenvalue weighted by Crippen LogP contribution is -2.12. The molecule has 0 aromatic heterocycles. The molecule has 0 saturated carbocycles. The fraction of sp³-hybridized carbons (Fsp3) is 0.0714. The van der Waals surface area contributed by atoms with E-state index in [1.54, 1.807) is 61.8 Å². The highest BCUT2D eigenvalue weighted by Gasteiger charge is 2.08. The highest BCUT2D eigenvalue weighted by molar-refractivity contribution is 7.85. The molecule has 0 spiro atoms. The van der Waals surface area contributed by atoms with Crippen molar-refractivity contribution in [2.24, 2.45) is 4.99 Å². The number of rotatable bonds is 7. The molecule has 0 radical (unpaired) electrons. The maximum Gasteiger partial charge on any atom is 0.255 e. The number of aldehydes is 1. The number of carbonyl (C=O) groups excluding carboxylic acids is 1. The van der Waals surface area contributed by atoms with Gasteiger partial charge in [-0.25, -0.2) is 8.42 Å². The average Bonchev–Trinajstić information content (AvgIpc) is 3.20. The van der Waals surface area contributed by atoms with E-state index in [1.165, 1.54) is 0 Å². The molecule has 0 saturated heterocycles. The summed E-state index contributed by atoms with van der Waals surface area (Å²) in [7, 11) is -0.0260. The predicted octanol–water partition coefficient (Wildman–Crippen LogP) is 7.52. The van der Waals surface area contributed by atoms with Crippen LogP contribution in [0.3, 0.4) is 0 Å². The molecule has 6 rings (SSSR count). The van der Waals surface area contributed by atoms with Crippen LogP contribution < -0.4 is 10.6 Å². The van der Waals surface area contributed by atoms with E-state index < -0.39 is 10.1 Å². The van der Waals surface area contributed by atoms with Crippen molar-refractivity contribution in [1.29, 1.82) is 0 Å². The van der Waals surface area contributed by atoms with Crippen molar-refractivity contribution in [2.45, 2.75) is 0 Å². The molecule has 0 aliphatic carbocycles. The number of benzene rings is 6. The van der Waals surface area contributed by atoms with Gasteiger partial charge >= 0.3 is 0 Å². The van der Waals surface area contributed by atoms with Crippen LogP contribution >= 0.6 is 12.4 Å². The lowest BCUT2D eigenvalue weighted by Gasteiger charge is -1.99. The molecular weight excluding hydrogens is 742 g/mol. The normalized spacial score (nSPS) is 10.2. The average molecular weight is 786 g/mol. The number of hydrogen-bond donors (Lipinski definition) is 4. The van der Waals surface area contributed by atoms with E-state index in [0.717, 1.165) is 34.4 Å². The molecule has 288 valence electrons. The van der Waals surface area contributed by atoms with Gasteiger partial charge in [-0.05, 0) is 48.0 Å². The van der Waals surface area contributed by atoms with E-state index in [0.29, 0.717) is 17.7 Å². The minimum Gasteiger partial charge on any atom is -0.707 e. The van der Waals surface area contributed by atoms with Crippen molar-refractivity contribution in [3.05, 3.63) is 180 Å². The smallest absolute Gasteiger partial charge is 0.255 e. The monoisotopic (exact) mass is 785 g/mol. The summed E-state index contributed by atoms with van der Waals surface area (Å²) in [5.41, 5.74) is 4.99. The van der Waals surface area contributed by atoms with Crippen LogP contribution in [-0.4, -0.2) is 67.4 Å². The van der Waals surface area contributed by atoms with Crippen LogP contribution in [0.1, 0.15) is 21.5 Å². The van der Waals surface area contributed by atoms with Crippen LogP contribution in [0.5, 0.6) is 17.2 Å². The van der Waals surface area contributed by atoms with Crippen LogP contribution in [0.4, 0.5) is 17.1 Å². The first-order valence-corrected chi connectivity index (χ1v) is 18.0. The van der Waals surface area contributed by atoms with Gasteiger partial charge in [-0.1, -0.05) is 115 Å². The van der Waals surface area contributed by atoms with Crippen molar-refractivity contribution in [1.82, 2.24) is 0 Å². The summed E-state index contributed by atoms with van der Waals surface area (Å²) in [6.07, 6.45) is 5.23. The largest absolute Gasteiger partial charge is 0.707 e. The first-order chi connectivity index (χ1) is 26.0. The van der Waals surface area contributed by atoms with Gasteiger partial charge in [0.05, 0.1) is 11.9 Å². The molecule has 0 fully saturated rings. The Balaban J connectivity index is 0.000000359. The molecule has 13 heteroatoms. The van der Waals surface area contributed by atoms with Crippen LogP contribution in [0.25, 0.3) is 0 Å². The number of halogens is 1. The van der Waals surface area contributed by atoms with Gasteiger partial charge in [0.15, 0.2) is 12.0 Å². The van der Waals surface area contributed by atoms with Gasteiger partial charge in [0.2, 0.25) is 5.69 Å². The zero-order valence-corrected chi connectivity index (χ0v) is 32.0. The number of phenolic OH excluding ortho intramolecular Hbond substituents is 3. The zero-order chi connectivity index (χ0) is 39.6. The van der Waals surface area contributed by atoms with E-state index in [4.69, 9.17) is 10.4 Å². The van der Waals surface area contributed by atoms with Crippen molar-refractivity contribution in [3.8, 4) is 17.2 Å². The van der Waals surface area contributed by atoms with E-state index >= 15 is 0 Å². The topological polar surface area (TPSA) is 172 Å². The Kier molecular flexibility index (Phi) is 22.5. The highest BCUT2D eigenvalue weighted by atomic mass is 35.5. The van der Waals surface area contributed by atoms with Crippen molar-refractivity contribution in [3.63, 3.8) is 0 Å². The van der Waals surface area contributed by atoms with Gasteiger partial charge in [0.25, 0.3) is 10.1 Å². The second kappa shape index (κ2) is 26.5. The summed E-state index contributed by atoms with van der Waals surface area (Å²) in [4.78, 5) is 14.2. The van der Waals surface area contributed by atoms with E-state index in [2.05, 4.69) is 14.6 Å². The number of aromatic hydroxyl groups is 3. The Hall–Kier alpha value is -6.31. The van der Waals surface area contributed by atoms with Crippen LogP contribution in [0.2, 0.25) is 0 Å². The second-order valence-electron chi connectivity index (χ2n) is 10.9. The quantitative estimate of drug-likeness (QED) is 0.0319. The Morgan fingerprint density at radius 2 is 1.05 bits per heavy atom. The maximum atomic E-state index is 10.0. The highest BCUT2D eigenvalue weighted by Crippen LogP contribution is 2.25. The number of phenols is 3. The molecule has 0 bridgehead atoms. The molecule has 6 aromatic carbocycles. The molecule has 4 N–H and O–H groups in total. The number of para-hydroxylation sites is 6. The lowest BCUT2D eigenvalue weighted by molar-refractivity contribution is -0.634. The number of nitrogens with one attached hydrogen (secondary N) is 1. The van der Waals surface area contributed by atoms with Crippen molar-refractivity contribution >= 4 is 58.3 Å². The summed E-state index contributed by atoms with van der Waals surface area (Å²) < 4.78 is 23.5. The Morgan fingerprint density at radius 1 is 0.636 bits per heavy atom. The number of hydrogen-bond acceptors (Lipinski definition) is 10. The molecule has 0 amide bonds. The SMILES string of the molecule is CNc1ccccc1O.CS(=O)(=O)O[O-].C[N+](=Cc1ccccc1)c1ccccc1O.Cl.O=Cc1ccccc1.Oc1ccccc1N=Cc1ccccc1. The minimum atomic E-state index is -3.72. The summed E-state index contributed by atoms with van der Waals surface area (Å²) in [5, 5.41) is 39.9. The molecule has 55 heavy (non-hydrogen) atoms. The van der Waals surface area contributed by atoms with Gasteiger partial charge in [-0.15, -0.1) is 12.4 Å². The number of carbonyl (C=O) groups is 1. The van der Waals surface area contributed by atoms with E-state index in [1.807, 2.05) is 133 Å². The summed E-state index contributed by atoms with van der Waals surface area (Å²) in [5.74, 6) is 0.780. The molecule has 0 atom stereocenters. The fourth-order valence-electron chi connectivity index (χ4n) is 4.07. The summed E-state index contributed by atoms with van der Waals surface area (Å²) in [6, 6.07) is 50.3. The molecule has 0 aliphatic rings. The number of nitrogens with zero attached hydrogens (tertiary/aromatic N) is 2. The van der Waals surface area contributed by atoms with Crippen molar-refractivity contribution in [2.75, 3.05) is 25.7 Å². The van der Waals surface area contributed by atoms with Crippen molar-refractivity contribution < 1.29 is 42.7 Å². The summed E-state index contributed by atoms with van der Waals surface area (Å²) >= 11 is 0. The van der Waals surface area contributed by atoms with Gasteiger partial charge < -0.3 is 30.2 Å².